The number of benzene rings is 2. The van der Waals surface area contributed by atoms with Crippen LogP contribution in [0.4, 0.5) is 0 Å². The summed E-state index contributed by atoms with van der Waals surface area (Å²) in [6.07, 6.45) is 3.73. The lowest BCUT2D eigenvalue weighted by Crippen LogP contribution is -2.04. The van der Waals surface area contributed by atoms with Crippen LogP contribution in [0.1, 0.15) is 22.5 Å². The van der Waals surface area contributed by atoms with Crippen molar-refractivity contribution >= 4 is 33.2 Å². The molecule has 0 unspecified atom stereocenters. The van der Waals surface area contributed by atoms with Gasteiger partial charge in [0.15, 0.2) is 5.58 Å². The summed E-state index contributed by atoms with van der Waals surface area (Å²) < 4.78 is 8.53. The van der Waals surface area contributed by atoms with E-state index in [0.29, 0.717) is 11.3 Å². The molecule has 6 heteroatoms. The van der Waals surface area contributed by atoms with Crippen LogP contribution in [-0.4, -0.2) is 24.5 Å². The minimum Gasteiger partial charge on any atom is -0.435 e. The quantitative estimate of drug-likeness (QED) is 0.251. The number of hydrogen-bond acceptors (Lipinski definition) is 5. The first kappa shape index (κ1) is 22.4. The fraction of sp³-hybridized carbons (Fsp3) is 0.125. The van der Waals surface area contributed by atoms with Gasteiger partial charge in [-0.05, 0) is 86.3 Å². The Morgan fingerprint density at radius 3 is 2.32 bits per heavy atom. The molecule has 7 rings (SSSR count). The van der Waals surface area contributed by atoms with Gasteiger partial charge in [0.2, 0.25) is 5.71 Å². The molecule has 6 nitrogen and oxygen atoms in total. The maximum absolute atomic E-state index is 6.32. The van der Waals surface area contributed by atoms with Gasteiger partial charge in [0, 0.05) is 17.6 Å². The maximum Gasteiger partial charge on any atom is 0.229 e. The molecule has 5 heterocycles. The summed E-state index contributed by atoms with van der Waals surface area (Å²) in [5.41, 5.74) is 12.3. The van der Waals surface area contributed by atoms with E-state index in [1.807, 2.05) is 56.6 Å². The molecule has 2 aromatic carbocycles. The van der Waals surface area contributed by atoms with Gasteiger partial charge < -0.3 is 4.42 Å². The van der Waals surface area contributed by atoms with Crippen molar-refractivity contribution in [2.75, 3.05) is 0 Å². The summed E-state index contributed by atoms with van der Waals surface area (Å²) in [7, 11) is 0. The zero-order chi connectivity index (χ0) is 26.0. The van der Waals surface area contributed by atoms with E-state index in [0.717, 1.165) is 61.5 Å². The largest absolute Gasteiger partial charge is 0.435 e. The Kier molecular flexibility index (Phi) is 4.91. The first-order valence-corrected chi connectivity index (χ1v) is 12.7. The van der Waals surface area contributed by atoms with Crippen LogP contribution < -0.4 is 0 Å². The molecule has 0 spiro atoms. The van der Waals surface area contributed by atoms with Crippen LogP contribution in [0.3, 0.4) is 0 Å². The lowest BCUT2D eigenvalue weighted by atomic mass is 9.98. The monoisotopic (exact) mass is 495 g/mol. The summed E-state index contributed by atoms with van der Waals surface area (Å²) in [6.45, 7) is 8.26. The number of fused-ring (bicyclic) bond motifs is 4. The van der Waals surface area contributed by atoms with E-state index in [1.165, 1.54) is 11.1 Å². The maximum atomic E-state index is 6.32. The van der Waals surface area contributed by atoms with E-state index in [4.69, 9.17) is 9.40 Å². The van der Waals surface area contributed by atoms with Crippen LogP contribution >= 0.6 is 0 Å². The number of rotatable bonds is 3. The van der Waals surface area contributed by atoms with Crippen molar-refractivity contribution in [3.05, 3.63) is 102 Å². The summed E-state index contributed by atoms with van der Waals surface area (Å²) in [4.78, 5) is 19.0. The molecule has 0 aliphatic carbocycles. The van der Waals surface area contributed by atoms with Crippen LogP contribution in [0.25, 0.3) is 61.4 Å². The fourth-order valence-corrected chi connectivity index (χ4v) is 5.40. The minimum atomic E-state index is 0.583. The molecule has 184 valence electrons. The lowest BCUT2D eigenvalue weighted by molar-refractivity contribution is 0.652. The summed E-state index contributed by atoms with van der Waals surface area (Å²) >= 11 is 0. The van der Waals surface area contributed by atoms with Crippen molar-refractivity contribution in [1.82, 2.24) is 24.5 Å². The molecule has 5 aromatic heterocycles. The molecule has 7 aromatic rings. The number of aryl methyl sites for hydroxylation is 4. The Morgan fingerprint density at radius 1 is 0.737 bits per heavy atom. The highest BCUT2D eigenvalue weighted by Crippen LogP contribution is 2.38. The third-order valence-electron chi connectivity index (χ3n) is 7.10. The second-order valence-electron chi connectivity index (χ2n) is 9.85. The standard InChI is InChI=1S/C32H25N5O/c1-18-14-23(22-8-6-5-7-9-22)15-19(2)29(18)37-27-17-34-21(4)16-26(27)36-31(37)25-12-13-33-28-24-11-10-20(3)35-32(24)38-30(25)28/h5-17H,1-4H3. The third kappa shape index (κ3) is 3.41. The molecule has 0 N–H and O–H groups in total. The Morgan fingerprint density at radius 2 is 1.53 bits per heavy atom. The number of imidazole rings is 1. The molecule has 0 aliphatic rings. The number of furan rings is 1. The average molecular weight is 496 g/mol. The molecule has 0 fully saturated rings. The molecule has 0 bridgehead atoms. The van der Waals surface area contributed by atoms with Gasteiger partial charge in [-0.2, -0.15) is 0 Å². The Labute approximate surface area is 219 Å². The van der Waals surface area contributed by atoms with E-state index in [9.17, 15) is 0 Å². The normalized spacial score (nSPS) is 11.7. The van der Waals surface area contributed by atoms with Gasteiger partial charge in [-0.25, -0.2) is 9.97 Å². The average Bonchev–Trinajstić information content (AvgIpc) is 3.46. The highest BCUT2D eigenvalue weighted by molar-refractivity contribution is 6.06. The predicted molar refractivity (Wildman–Crippen MR) is 152 cm³/mol. The predicted octanol–water partition coefficient (Wildman–Crippen LogP) is 7.68. The second kappa shape index (κ2) is 8.35. The van der Waals surface area contributed by atoms with Crippen LogP contribution in [0.5, 0.6) is 0 Å². The minimum absolute atomic E-state index is 0.583. The van der Waals surface area contributed by atoms with Crippen LogP contribution in [0.15, 0.2) is 83.5 Å². The van der Waals surface area contributed by atoms with Gasteiger partial charge in [-0.3, -0.25) is 14.5 Å². The molecule has 0 amide bonds. The molecule has 0 radical (unpaired) electrons. The molecule has 38 heavy (non-hydrogen) atoms. The van der Waals surface area contributed by atoms with Gasteiger partial charge in [-0.1, -0.05) is 30.3 Å². The first-order valence-electron chi connectivity index (χ1n) is 12.7. The number of pyridine rings is 3. The number of nitrogens with zero attached hydrogens (tertiary/aromatic N) is 5. The topological polar surface area (TPSA) is 69.6 Å². The highest BCUT2D eigenvalue weighted by atomic mass is 16.3. The van der Waals surface area contributed by atoms with Crippen molar-refractivity contribution in [3.63, 3.8) is 0 Å². The fourth-order valence-electron chi connectivity index (χ4n) is 5.40. The Hall–Kier alpha value is -4.84. The van der Waals surface area contributed by atoms with Gasteiger partial charge in [0.1, 0.15) is 11.3 Å². The number of hydrogen-bond donors (Lipinski definition) is 0. The highest BCUT2D eigenvalue weighted by Gasteiger charge is 2.23. The van der Waals surface area contributed by atoms with Gasteiger partial charge in [0.05, 0.1) is 33.9 Å². The van der Waals surface area contributed by atoms with Crippen LogP contribution in [0, 0.1) is 27.7 Å². The van der Waals surface area contributed by atoms with Crippen molar-refractivity contribution in [2.24, 2.45) is 0 Å². The van der Waals surface area contributed by atoms with Gasteiger partial charge >= 0.3 is 0 Å². The molecular formula is C32H25N5O. The van der Waals surface area contributed by atoms with E-state index in [-0.39, 0.29) is 0 Å². The van der Waals surface area contributed by atoms with Crippen molar-refractivity contribution < 1.29 is 4.42 Å². The second-order valence-corrected chi connectivity index (χ2v) is 9.85. The van der Waals surface area contributed by atoms with Crippen molar-refractivity contribution in [3.8, 4) is 28.2 Å². The molecule has 0 aliphatic heterocycles. The van der Waals surface area contributed by atoms with E-state index in [1.54, 1.807) is 0 Å². The smallest absolute Gasteiger partial charge is 0.229 e. The summed E-state index contributed by atoms with van der Waals surface area (Å²) in [5.74, 6) is 0.786. The SMILES string of the molecule is Cc1cc2nc(-c3ccnc4c3oc3nc(C)ccc34)n(-c3c(C)cc(-c4ccccc4)cc3C)c2cn1. The molecule has 0 saturated heterocycles. The molecule has 0 saturated carbocycles. The van der Waals surface area contributed by atoms with E-state index in [2.05, 4.69) is 69.8 Å². The molecule has 0 atom stereocenters. The Bertz CT molecular complexity index is 1990. The van der Waals surface area contributed by atoms with Gasteiger partial charge in [-0.15, -0.1) is 0 Å². The van der Waals surface area contributed by atoms with E-state index >= 15 is 0 Å². The zero-order valence-electron chi connectivity index (χ0n) is 21.6. The lowest BCUT2D eigenvalue weighted by Gasteiger charge is -2.17. The first-order chi connectivity index (χ1) is 18.5. The van der Waals surface area contributed by atoms with Gasteiger partial charge in [0.25, 0.3) is 0 Å². The number of aromatic nitrogens is 5. The Balaban J connectivity index is 1.54. The zero-order valence-corrected chi connectivity index (χ0v) is 21.6. The van der Waals surface area contributed by atoms with Crippen LogP contribution in [0.2, 0.25) is 0 Å². The van der Waals surface area contributed by atoms with E-state index < -0.39 is 0 Å². The summed E-state index contributed by atoms with van der Waals surface area (Å²) in [5, 5.41) is 0.896. The van der Waals surface area contributed by atoms with Crippen LogP contribution in [-0.2, 0) is 0 Å². The van der Waals surface area contributed by atoms with Crippen molar-refractivity contribution in [2.45, 2.75) is 27.7 Å². The van der Waals surface area contributed by atoms with Crippen molar-refractivity contribution in [1.29, 1.82) is 0 Å². The third-order valence-corrected chi connectivity index (χ3v) is 7.10. The summed E-state index contributed by atoms with van der Waals surface area (Å²) in [6, 6.07) is 23.0. The molecular weight excluding hydrogens is 470 g/mol.